The standard InChI is InChI=1S/C26H40ClN3O5/c1-33-26(32)29-11-14-35-25(20-6-2-8-22(27)16-20)21-7-3-12-30(17-21)24(31)10-9-23(28)15-19-5-4-13-34-18-19/h2,6,8,16,19,21,23,25H,3-5,7,9-15,17-18,28H2,1H3,(H,29,32)/t19-,21-,23-,25+/m1/s1. The van der Waals surface area contributed by atoms with Crippen LogP contribution in [0.25, 0.3) is 0 Å². The molecule has 8 nitrogen and oxygen atoms in total. The number of hydrogen-bond acceptors (Lipinski definition) is 6. The molecule has 0 saturated carbocycles. The van der Waals surface area contributed by atoms with E-state index in [1.165, 1.54) is 7.11 Å². The van der Waals surface area contributed by atoms with Crippen LogP contribution in [-0.4, -0.2) is 69.5 Å². The highest BCUT2D eigenvalue weighted by Crippen LogP contribution is 2.34. The molecule has 196 valence electrons. The second kappa shape index (κ2) is 14.6. The van der Waals surface area contributed by atoms with Crippen LogP contribution in [0.5, 0.6) is 0 Å². The van der Waals surface area contributed by atoms with Crippen molar-refractivity contribution < 1.29 is 23.8 Å². The molecular formula is C26H40ClN3O5. The average molecular weight is 510 g/mol. The Morgan fingerprint density at radius 2 is 2.17 bits per heavy atom. The van der Waals surface area contributed by atoms with Gasteiger partial charge in [0.1, 0.15) is 0 Å². The van der Waals surface area contributed by atoms with Crippen molar-refractivity contribution in [3.05, 3.63) is 34.9 Å². The van der Waals surface area contributed by atoms with E-state index >= 15 is 0 Å². The fourth-order valence-electron chi connectivity index (χ4n) is 5.09. The number of carbonyl (C=O) groups is 2. The fraction of sp³-hybridized carbons (Fsp3) is 0.692. The Hall–Kier alpha value is -1.87. The van der Waals surface area contributed by atoms with Crippen LogP contribution in [-0.2, 0) is 19.0 Å². The van der Waals surface area contributed by atoms with Gasteiger partial charge in [-0.1, -0.05) is 23.7 Å². The molecule has 0 spiro atoms. The van der Waals surface area contributed by atoms with Crippen molar-refractivity contribution in [1.82, 2.24) is 10.2 Å². The summed E-state index contributed by atoms with van der Waals surface area (Å²) in [5.41, 5.74) is 7.33. The van der Waals surface area contributed by atoms with E-state index < -0.39 is 6.09 Å². The molecule has 2 heterocycles. The monoisotopic (exact) mass is 509 g/mol. The lowest BCUT2D eigenvalue weighted by Gasteiger charge is -2.37. The lowest BCUT2D eigenvalue weighted by Crippen LogP contribution is -2.42. The van der Waals surface area contributed by atoms with Crippen molar-refractivity contribution in [3.8, 4) is 0 Å². The van der Waals surface area contributed by atoms with Crippen LogP contribution in [0, 0.1) is 11.8 Å². The van der Waals surface area contributed by atoms with Gasteiger partial charge in [-0.2, -0.15) is 0 Å². The minimum absolute atomic E-state index is 0.0242. The summed E-state index contributed by atoms with van der Waals surface area (Å²) in [4.78, 5) is 26.3. The number of nitrogens with two attached hydrogens (primary N) is 1. The van der Waals surface area contributed by atoms with Gasteiger partial charge in [-0.3, -0.25) is 4.79 Å². The van der Waals surface area contributed by atoms with Gasteiger partial charge in [-0.05, 0) is 62.1 Å². The van der Waals surface area contributed by atoms with Crippen molar-refractivity contribution in [2.24, 2.45) is 17.6 Å². The molecule has 2 saturated heterocycles. The van der Waals surface area contributed by atoms with Gasteiger partial charge in [0.2, 0.25) is 5.91 Å². The quantitative estimate of drug-likeness (QED) is 0.438. The molecule has 0 aromatic heterocycles. The topological polar surface area (TPSA) is 103 Å². The highest BCUT2D eigenvalue weighted by molar-refractivity contribution is 6.30. The van der Waals surface area contributed by atoms with Crippen LogP contribution >= 0.6 is 11.6 Å². The number of benzene rings is 1. The fourth-order valence-corrected chi connectivity index (χ4v) is 5.29. The molecule has 3 N–H and O–H groups in total. The number of nitrogens with zero attached hydrogens (tertiary/aromatic N) is 1. The van der Waals surface area contributed by atoms with E-state index in [1.807, 2.05) is 29.2 Å². The number of nitrogens with one attached hydrogen (secondary N) is 1. The number of carbonyl (C=O) groups excluding carboxylic acids is 2. The molecule has 0 radical (unpaired) electrons. The lowest BCUT2D eigenvalue weighted by atomic mass is 9.88. The Labute approximate surface area is 213 Å². The molecule has 2 fully saturated rings. The van der Waals surface area contributed by atoms with Crippen molar-refractivity contribution in [3.63, 3.8) is 0 Å². The molecule has 2 aliphatic heterocycles. The molecule has 4 atom stereocenters. The third kappa shape index (κ3) is 9.26. The van der Waals surface area contributed by atoms with E-state index in [4.69, 9.17) is 26.8 Å². The number of ether oxygens (including phenoxy) is 3. The van der Waals surface area contributed by atoms with Gasteiger partial charge in [-0.15, -0.1) is 0 Å². The SMILES string of the molecule is COC(=O)NCCO[C@@H](c1cccc(Cl)c1)[C@@H]1CCCN(C(=O)CC[C@@H](N)C[C@H]2CCCOC2)C1. The minimum atomic E-state index is -0.489. The van der Waals surface area contributed by atoms with Gasteiger partial charge in [0, 0.05) is 56.3 Å². The minimum Gasteiger partial charge on any atom is -0.453 e. The van der Waals surface area contributed by atoms with Crippen molar-refractivity contribution in [1.29, 1.82) is 0 Å². The zero-order chi connectivity index (χ0) is 25.0. The molecular weight excluding hydrogens is 470 g/mol. The first-order chi connectivity index (χ1) is 17.0. The van der Waals surface area contributed by atoms with Crippen LogP contribution < -0.4 is 11.1 Å². The van der Waals surface area contributed by atoms with Gasteiger partial charge in [0.25, 0.3) is 0 Å². The number of rotatable bonds is 11. The van der Waals surface area contributed by atoms with Gasteiger partial charge in [0.15, 0.2) is 0 Å². The summed E-state index contributed by atoms with van der Waals surface area (Å²) in [6, 6.07) is 7.68. The number of methoxy groups -OCH3 is 1. The van der Waals surface area contributed by atoms with Crippen LogP contribution in [0.4, 0.5) is 4.79 Å². The van der Waals surface area contributed by atoms with E-state index in [2.05, 4.69) is 10.1 Å². The lowest BCUT2D eigenvalue weighted by molar-refractivity contribution is -0.134. The van der Waals surface area contributed by atoms with Gasteiger partial charge in [-0.25, -0.2) is 4.79 Å². The molecule has 1 aromatic rings. The van der Waals surface area contributed by atoms with Crippen LogP contribution in [0.3, 0.4) is 0 Å². The Morgan fingerprint density at radius 3 is 2.91 bits per heavy atom. The molecule has 2 aliphatic rings. The maximum Gasteiger partial charge on any atom is 0.406 e. The molecule has 3 rings (SSSR count). The molecule has 9 heteroatoms. The Bertz CT molecular complexity index is 805. The maximum atomic E-state index is 13.0. The second-order valence-electron chi connectivity index (χ2n) is 9.62. The van der Waals surface area contributed by atoms with E-state index in [-0.39, 0.29) is 24.0 Å². The van der Waals surface area contributed by atoms with Crippen molar-refractivity contribution in [2.45, 2.75) is 57.1 Å². The number of halogens is 1. The zero-order valence-electron chi connectivity index (χ0n) is 20.8. The summed E-state index contributed by atoms with van der Waals surface area (Å²) in [5.74, 6) is 0.803. The Balaban J connectivity index is 1.54. The number of piperidine rings is 1. The summed E-state index contributed by atoms with van der Waals surface area (Å²) in [6.07, 6.45) is 5.50. The number of hydrogen-bond donors (Lipinski definition) is 2. The zero-order valence-corrected chi connectivity index (χ0v) is 21.5. The summed E-state index contributed by atoms with van der Waals surface area (Å²) in [5, 5.41) is 3.28. The molecule has 2 amide bonds. The Kier molecular flexibility index (Phi) is 11.6. The van der Waals surface area contributed by atoms with E-state index in [0.717, 1.165) is 57.4 Å². The second-order valence-corrected chi connectivity index (χ2v) is 10.1. The highest BCUT2D eigenvalue weighted by Gasteiger charge is 2.31. The summed E-state index contributed by atoms with van der Waals surface area (Å²) in [7, 11) is 1.33. The van der Waals surface area contributed by atoms with Gasteiger partial charge < -0.3 is 30.2 Å². The highest BCUT2D eigenvalue weighted by atomic mass is 35.5. The summed E-state index contributed by atoms with van der Waals surface area (Å²) >= 11 is 6.26. The summed E-state index contributed by atoms with van der Waals surface area (Å²) in [6.45, 7) is 3.69. The van der Waals surface area contributed by atoms with Gasteiger partial charge in [0.05, 0.1) is 19.8 Å². The number of likely N-dealkylation sites (tertiary alicyclic amines) is 1. The molecule has 0 aliphatic carbocycles. The smallest absolute Gasteiger partial charge is 0.406 e. The van der Waals surface area contributed by atoms with E-state index in [0.29, 0.717) is 43.5 Å². The first-order valence-corrected chi connectivity index (χ1v) is 13.1. The summed E-state index contributed by atoms with van der Waals surface area (Å²) < 4.78 is 16.4. The van der Waals surface area contributed by atoms with E-state index in [1.54, 1.807) is 0 Å². The van der Waals surface area contributed by atoms with Crippen molar-refractivity contribution in [2.75, 3.05) is 46.6 Å². The van der Waals surface area contributed by atoms with E-state index in [9.17, 15) is 9.59 Å². The number of amides is 2. The van der Waals surface area contributed by atoms with Gasteiger partial charge >= 0.3 is 6.09 Å². The van der Waals surface area contributed by atoms with Crippen LogP contribution in [0.2, 0.25) is 5.02 Å². The molecule has 1 aromatic carbocycles. The third-order valence-corrected chi connectivity index (χ3v) is 7.12. The molecule has 0 bridgehead atoms. The largest absolute Gasteiger partial charge is 0.453 e. The average Bonchev–Trinajstić information content (AvgIpc) is 2.87. The predicted molar refractivity (Wildman–Crippen MR) is 135 cm³/mol. The maximum absolute atomic E-state index is 13.0. The first kappa shape index (κ1) is 27.7. The van der Waals surface area contributed by atoms with Crippen LogP contribution in [0.15, 0.2) is 24.3 Å². The normalized spacial score (nSPS) is 22.3. The van der Waals surface area contributed by atoms with Crippen LogP contribution in [0.1, 0.15) is 56.6 Å². The number of alkyl carbamates (subject to hydrolysis) is 1. The molecule has 0 unspecified atom stereocenters. The third-order valence-electron chi connectivity index (χ3n) is 6.89. The van der Waals surface area contributed by atoms with Crippen molar-refractivity contribution >= 4 is 23.6 Å². The Morgan fingerprint density at radius 1 is 1.31 bits per heavy atom. The molecule has 35 heavy (non-hydrogen) atoms. The predicted octanol–water partition coefficient (Wildman–Crippen LogP) is 3.92. The first-order valence-electron chi connectivity index (χ1n) is 12.8.